The molecule has 11 heavy (non-hydrogen) atoms. The summed E-state index contributed by atoms with van der Waals surface area (Å²) in [6, 6.07) is 6.46. The normalized spacial score (nSPS) is 11.4. The molecule has 3 heteroatoms. The van der Waals surface area contributed by atoms with Crippen LogP contribution in [0.1, 0.15) is 5.56 Å². The van der Waals surface area contributed by atoms with Gasteiger partial charge in [-0.2, -0.15) is 24.6 Å². The van der Waals surface area contributed by atoms with Crippen LogP contribution in [0.25, 0.3) is 0 Å². The molecule has 0 N–H and O–H groups in total. The lowest BCUT2D eigenvalue weighted by Gasteiger charge is -2.02. The molecule has 0 heterocycles. The number of hydrogen-bond acceptors (Lipinski definition) is 2. The average Bonchev–Trinajstić information content (AvgIpc) is 1.86. The van der Waals surface area contributed by atoms with E-state index in [4.69, 9.17) is 0 Å². The van der Waals surface area contributed by atoms with Crippen LogP contribution in [0.2, 0.25) is 0 Å². The fraction of sp³-hybridized carbons (Fsp3) is 0.125. The fourth-order valence-corrected chi connectivity index (χ4v) is 1.37. The molecule has 0 aliphatic heterocycles. The Kier molecular flexibility index (Phi) is 1.91. The summed E-state index contributed by atoms with van der Waals surface area (Å²) < 4.78 is 21.8. The van der Waals surface area contributed by atoms with Gasteiger partial charge in [0.15, 0.2) is 9.84 Å². The van der Waals surface area contributed by atoms with Crippen molar-refractivity contribution in [1.29, 1.82) is 0 Å². The molecule has 0 amide bonds. The summed E-state index contributed by atoms with van der Waals surface area (Å²) >= 11 is 0. The molecule has 2 nitrogen and oxygen atoms in total. The number of sulfone groups is 1. The Labute approximate surface area is 66.8 Å². The Morgan fingerprint density at radius 1 is 1.18 bits per heavy atom. The molecule has 0 aliphatic rings. The number of hydrogen-bond donors (Lipinski definition) is 0. The van der Waals surface area contributed by atoms with Crippen molar-refractivity contribution in [3.8, 4) is 0 Å². The highest BCUT2D eigenvalue weighted by atomic mass is 32.2. The minimum absolute atomic E-state index is 0.338. The highest BCUT2D eigenvalue weighted by Gasteiger charge is 2.01. The van der Waals surface area contributed by atoms with E-state index in [2.05, 4.69) is 6.92 Å². The maximum absolute atomic E-state index is 10.9. The van der Waals surface area contributed by atoms with E-state index in [9.17, 15) is 8.42 Å². The summed E-state index contributed by atoms with van der Waals surface area (Å²) in [6.45, 7) is 3.65. The van der Waals surface area contributed by atoms with Crippen molar-refractivity contribution in [3.63, 3.8) is 0 Å². The van der Waals surface area contributed by atoms with Gasteiger partial charge in [-0.25, -0.2) is 8.42 Å². The zero-order chi connectivity index (χ0) is 8.48. The molecule has 1 rings (SSSR count). The third-order valence-corrected chi connectivity index (χ3v) is 2.48. The van der Waals surface area contributed by atoms with Gasteiger partial charge in [-0.1, -0.05) is 12.1 Å². The van der Waals surface area contributed by atoms with Crippen LogP contribution in [-0.4, -0.2) is 14.7 Å². The van der Waals surface area contributed by atoms with Crippen LogP contribution in [0.4, 0.5) is 0 Å². The minimum atomic E-state index is -3.05. The summed E-state index contributed by atoms with van der Waals surface area (Å²) in [7, 11) is -3.05. The third-order valence-electron chi connectivity index (χ3n) is 1.35. The van der Waals surface area contributed by atoms with Crippen LogP contribution < -0.4 is 0 Å². The molecule has 0 unspecified atom stereocenters. The fourth-order valence-electron chi connectivity index (χ4n) is 0.737. The van der Waals surface area contributed by atoms with Crippen LogP contribution in [0.15, 0.2) is 29.2 Å². The minimum Gasteiger partial charge on any atom is -0.224 e. The average molecular weight is 169 g/mol. The summed E-state index contributed by atoms with van der Waals surface area (Å²) in [6.07, 6.45) is 1.19. The van der Waals surface area contributed by atoms with Crippen LogP contribution >= 0.6 is 0 Å². The van der Waals surface area contributed by atoms with E-state index in [0.717, 1.165) is 5.56 Å². The standard InChI is InChI=1S/C8H9O2S/c1-7-3-5-8(6-4-7)11(2,9)10/h3-6H,1H2,2H3/q-1. The molecule has 0 bridgehead atoms. The Balaban J connectivity index is 3.20. The molecular weight excluding hydrogens is 160 g/mol. The first-order chi connectivity index (χ1) is 5.00. The van der Waals surface area contributed by atoms with Crippen LogP contribution in [0.3, 0.4) is 0 Å². The lowest BCUT2D eigenvalue weighted by atomic mass is 10.2. The molecule has 0 spiro atoms. The maximum Gasteiger partial charge on any atom is 0.173 e. The number of rotatable bonds is 1. The van der Waals surface area contributed by atoms with Crippen molar-refractivity contribution < 1.29 is 8.42 Å². The molecule has 0 saturated heterocycles. The Morgan fingerprint density at radius 2 is 1.64 bits per heavy atom. The predicted molar refractivity (Wildman–Crippen MR) is 44.0 cm³/mol. The molecule has 0 saturated carbocycles. The molecule has 0 radical (unpaired) electrons. The highest BCUT2D eigenvalue weighted by Crippen LogP contribution is 2.08. The van der Waals surface area contributed by atoms with Gasteiger partial charge in [0.05, 0.1) is 0 Å². The molecule has 1 aromatic carbocycles. The van der Waals surface area contributed by atoms with E-state index < -0.39 is 9.84 Å². The van der Waals surface area contributed by atoms with Gasteiger partial charge in [0, 0.05) is 11.2 Å². The zero-order valence-corrected chi connectivity index (χ0v) is 7.06. The van der Waals surface area contributed by atoms with Gasteiger partial charge in [0.1, 0.15) is 0 Å². The van der Waals surface area contributed by atoms with Crippen LogP contribution in [0, 0.1) is 6.92 Å². The summed E-state index contributed by atoms with van der Waals surface area (Å²) in [5.41, 5.74) is 0.817. The molecule has 0 aromatic heterocycles. The van der Waals surface area contributed by atoms with E-state index in [0.29, 0.717) is 4.90 Å². The molecular formula is C8H9O2S-. The zero-order valence-electron chi connectivity index (χ0n) is 6.24. The largest absolute Gasteiger partial charge is 0.224 e. The van der Waals surface area contributed by atoms with Crippen molar-refractivity contribution in [2.45, 2.75) is 4.90 Å². The lowest BCUT2D eigenvalue weighted by Crippen LogP contribution is -1.95. The smallest absolute Gasteiger partial charge is 0.173 e. The Hall–Kier alpha value is -0.960. The quantitative estimate of drug-likeness (QED) is 0.593. The van der Waals surface area contributed by atoms with Gasteiger partial charge in [-0.15, -0.1) is 0 Å². The Morgan fingerprint density at radius 3 is 2.00 bits per heavy atom. The second kappa shape index (κ2) is 2.58. The second-order valence-corrected chi connectivity index (χ2v) is 4.43. The second-order valence-electron chi connectivity index (χ2n) is 2.42. The van der Waals surface area contributed by atoms with E-state index in [1.54, 1.807) is 24.3 Å². The lowest BCUT2D eigenvalue weighted by molar-refractivity contribution is 0.602. The van der Waals surface area contributed by atoms with Gasteiger partial charge >= 0.3 is 0 Å². The monoisotopic (exact) mass is 169 g/mol. The van der Waals surface area contributed by atoms with Crippen LogP contribution in [-0.2, 0) is 9.84 Å². The molecule has 0 fully saturated rings. The van der Waals surface area contributed by atoms with E-state index in [-0.39, 0.29) is 0 Å². The van der Waals surface area contributed by atoms with Crippen molar-refractivity contribution in [2.24, 2.45) is 0 Å². The van der Waals surface area contributed by atoms with E-state index in [1.807, 2.05) is 0 Å². The van der Waals surface area contributed by atoms with Crippen molar-refractivity contribution >= 4 is 9.84 Å². The van der Waals surface area contributed by atoms with Gasteiger partial charge in [-0.3, -0.25) is 0 Å². The van der Waals surface area contributed by atoms with Gasteiger partial charge in [0.2, 0.25) is 0 Å². The Bertz CT molecular complexity index is 335. The van der Waals surface area contributed by atoms with E-state index >= 15 is 0 Å². The summed E-state index contributed by atoms with van der Waals surface area (Å²) in [5.74, 6) is 0. The van der Waals surface area contributed by atoms with Crippen molar-refractivity contribution in [1.82, 2.24) is 0 Å². The van der Waals surface area contributed by atoms with Crippen molar-refractivity contribution in [3.05, 3.63) is 36.8 Å². The summed E-state index contributed by atoms with van der Waals surface area (Å²) in [4.78, 5) is 0.338. The maximum atomic E-state index is 10.9. The first-order valence-corrected chi connectivity index (χ1v) is 5.01. The molecule has 60 valence electrons. The SMILES string of the molecule is [CH2-]c1ccc(S(C)(=O)=O)cc1. The molecule has 1 aromatic rings. The number of benzene rings is 1. The first kappa shape index (κ1) is 8.14. The summed E-state index contributed by atoms with van der Waals surface area (Å²) in [5, 5.41) is 0. The predicted octanol–water partition coefficient (Wildman–Crippen LogP) is 1.27. The highest BCUT2D eigenvalue weighted by molar-refractivity contribution is 7.90. The van der Waals surface area contributed by atoms with Gasteiger partial charge < -0.3 is 0 Å². The topological polar surface area (TPSA) is 34.1 Å². The molecule has 0 aliphatic carbocycles. The molecule has 0 atom stereocenters. The van der Waals surface area contributed by atoms with Gasteiger partial charge in [0.25, 0.3) is 0 Å². The third kappa shape index (κ3) is 1.98. The van der Waals surface area contributed by atoms with Crippen LogP contribution in [0.5, 0.6) is 0 Å². The van der Waals surface area contributed by atoms with E-state index in [1.165, 1.54) is 6.26 Å². The van der Waals surface area contributed by atoms with Gasteiger partial charge in [-0.05, 0) is 0 Å². The first-order valence-electron chi connectivity index (χ1n) is 3.12. The van der Waals surface area contributed by atoms with Crippen molar-refractivity contribution in [2.75, 3.05) is 6.26 Å².